The predicted molar refractivity (Wildman–Crippen MR) is 55.9 cm³/mol. The molecule has 0 fully saturated rings. The first kappa shape index (κ1) is 27.0. The molecule has 28 heavy (non-hydrogen) atoms. The summed E-state index contributed by atoms with van der Waals surface area (Å²) in [5, 5.41) is 0. The summed E-state index contributed by atoms with van der Waals surface area (Å²) in [6.45, 7) is 0. The fourth-order valence-corrected chi connectivity index (χ4v) is 1.82. The third kappa shape index (κ3) is 3.31. The van der Waals surface area contributed by atoms with E-state index < -0.39 is 60.1 Å². The van der Waals surface area contributed by atoms with Gasteiger partial charge in [-0.2, -0.15) is 74.6 Å². The molecule has 0 bridgehead atoms. The summed E-state index contributed by atoms with van der Waals surface area (Å²) in [5.74, 6) is -55.8. The molecule has 0 nitrogen and oxygen atoms in total. The minimum atomic E-state index is -8.57. The van der Waals surface area contributed by atoms with Crippen LogP contribution >= 0.6 is 0 Å². The maximum absolute atomic E-state index is 13.2. The molecule has 0 amide bonds. The number of halogens is 17. The molecule has 0 heterocycles. The van der Waals surface area contributed by atoms with E-state index in [9.17, 15) is 74.6 Å². The number of rotatable bonds is 8. The Bertz CT molecular complexity index is 559. The monoisotopic (exact) mass is 475 g/mol. The third-order valence-corrected chi connectivity index (χ3v) is 3.48. The lowest BCUT2D eigenvalue weighted by molar-refractivity contribution is -0.461. The SMILES string of the molecule is FC(F)(F)C(F)(F)C(F)(F)C(F)(F)C(F)(F)C(F)(F)C(F)(F)C(F)(F)CC[Si]. The summed E-state index contributed by atoms with van der Waals surface area (Å²) in [5.41, 5.74) is 0. The molecule has 0 aliphatic heterocycles. The lowest BCUT2D eigenvalue weighted by Gasteiger charge is -2.42. The Labute approximate surface area is 146 Å². The van der Waals surface area contributed by atoms with Gasteiger partial charge in [-0.3, -0.25) is 0 Å². The first-order valence-electron chi connectivity index (χ1n) is 6.17. The van der Waals surface area contributed by atoms with E-state index in [1.807, 2.05) is 10.2 Å². The molecule has 0 rings (SSSR count). The van der Waals surface area contributed by atoms with E-state index in [-0.39, 0.29) is 0 Å². The number of hydrogen-bond acceptors (Lipinski definition) is 0. The first-order valence-corrected chi connectivity index (χ1v) is 6.88. The van der Waals surface area contributed by atoms with Crippen molar-refractivity contribution in [2.75, 3.05) is 0 Å². The molecular formula is C10H4F17Si. The minimum absolute atomic E-state index is 1.36. The van der Waals surface area contributed by atoms with Crippen molar-refractivity contribution >= 4 is 10.2 Å². The number of alkyl halides is 17. The maximum atomic E-state index is 13.2. The van der Waals surface area contributed by atoms with Crippen LogP contribution in [0.4, 0.5) is 74.6 Å². The lowest BCUT2D eigenvalue weighted by Crippen LogP contribution is -2.74. The highest BCUT2D eigenvalue weighted by molar-refractivity contribution is 6.08. The number of hydrogen-bond donors (Lipinski definition) is 0. The molecule has 3 radical (unpaired) electrons. The molecule has 0 unspecified atom stereocenters. The summed E-state index contributed by atoms with van der Waals surface area (Å²) >= 11 is 0. The van der Waals surface area contributed by atoms with Crippen LogP contribution in [0.15, 0.2) is 0 Å². The van der Waals surface area contributed by atoms with Gasteiger partial charge in [0.1, 0.15) is 0 Å². The molecule has 0 aliphatic carbocycles. The van der Waals surface area contributed by atoms with Crippen LogP contribution in [0.2, 0.25) is 6.04 Å². The molecule has 18 heteroatoms. The molecule has 167 valence electrons. The Morgan fingerprint density at radius 3 is 0.893 bits per heavy atom. The van der Waals surface area contributed by atoms with Crippen LogP contribution in [0.25, 0.3) is 0 Å². The van der Waals surface area contributed by atoms with Crippen LogP contribution in [0.1, 0.15) is 6.42 Å². The summed E-state index contributed by atoms with van der Waals surface area (Å²) < 4.78 is 217. The van der Waals surface area contributed by atoms with Gasteiger partial charge in [0.15, 0.2) is 0 Å². The summed E-state index contributed by atoms with van der Waals surface area (Å²) in [6, 6.07) is -1.36. The second kappa shape index (κ2) is 6.78. The van der Waals surface area contributed by atoms with E-state index >= 15 is 0 Å². The molecule has 0 N–H and O–H groups in total. The largest absolute Gasteiger partial charge is 0.460 e. The van der Waals surface area contributed by atoms with Crippen LogP contribution in [0.5, 0.6) is 0 Å². The van der Waals surface area contributed by atoms with Gasteiger partial charge in [0.2, 0.25) is 0 Å². The van der Waals surface area contributed by atoms with Gasteiger partial charge >= 0.3 is 47.6 Å². The molecule has 0 aromatic rings. The molecule has 0 spiro atoms. The smallest absolute Gasteiger partial charge is 0.200 e. The standard InChI is InChI=1S/C10H4F17Si/c11-3(12,1-2-28)4(13,14)5(15,16)6(17,18)7(19,20)8(21,22)9(23,24)10(25,26)27/h1-2H2. The van der Waals surface area contributed by atoms with E-state index in [0.29, 0.717) is 0 Å². The van der Waals surface area contributed by atoms with Crippen molar-refractivity contribution in [2.24, 2.45) is 0 Å². The van der Waals surface area contributed by atoms with Gasteiger partial charge in [0.25, 0.3) is 0 Å². The van der Waals surface area contributed by atoms with Gasteiger partial charge in [0.05, 0.1) is 0 Å². The lowest BCUT2D eigenvalue weighted by atomic mass is 9.88. The van der Waals surface area contributed by atoms with E-state index in [1.54, 1.807) is 0 Å². The Hall–Kier alpha value is -0.973. The average molecular weight is 475 g/mol. The summed E-state index contributed by atoms with van der Waals surface area (Å²) in [4.78, 5) is 0. The normalized spacial score (nSPS) is 16.5. The molecule has 0 aromatic heterocycles. The Morgan fingerprint density at radius 1 is 0.393 bits per heavy atom. The van der Waals surface area contributed by atoms with Crippen molar-refractivity contribution < 1.29 is 74.6 Å². The van der Waals surface area contributed by atoms with Crippen LogP contribution in [-0.2, 0) is 0 Å². The second-order valence-electron chi connectivity index (χ2n) is 5.15. The van der Waals surface area contributed by atoms with Gasteiger partial charge < -0.3 is 0 Å². The molecule has 0 atom stereocenters. The van der Waals surface area contributed by atoms with Crippen molar-refractivity contribution in [2.45, 2.75) is 60.1 Å². The van der Waals surface area contributed by atoms with Crippen molar-refractivity contribution in [3.05, 3.63) is 0 Å². The highest BCUT2D eigenvalue weighted by atomic mass is 28.1. The third-order valence-electron chi connectivity index (χ3n) is 3.23. The zero-order valence-electron chi connectivity index (χ0n) is 12.3. The quantitative estimate of drug-likeness (QED) is 0.300. The van der Waals surface area contributed by atoms with Crippen molar-refractivity contribution in [1.29, 1.82) is 0 Å². The minimum Gasteiger partial charge on any atom is -0.200 e. The highest BCUT2D eigenvalue weighted by Crippen LogP contribution is 2.64. The maximum Gasteiger partial charge on any atom is 0.460 e. The Morgan fingerprint density at radius 2 is 0.643 bits per heavy atom. The molecule has 0 aliphatic rings. The Kier molecular flexibility index (Phi) is 6.55. The van der Waals surface area contributed by atoms with Crippen molar-refractivity contribution in [3.8, 4) is 0 Å². The van der Waals surface area contributed by atoms with E-state index in [4.69, 9.17) is 0 Å². The highest BCUT2D eigenvalue weighted by Gasteiger charge is 2.95. The van der Waals surface area contributed by atoms with E-state index in [0.717, 1.165) is 0 Å². The molecule has 0 saturated heterocycles. The molecule has 0 aromatic carbocycles. The topological polar surface area (TPSA) is 0 Å². The zero-order valence-corrected chi connectivity index (χ0v) is 13.3. The average Bonchev–Trinajstić information content (AvgIpc) is 2.44. The van der Waals surface area contributed by atoms with Crippen LogP contribution in [-0.4, -0.2) is 57.9 Å². The molecular weight excluding hydrogens is 471 g/mol. The fraction of sp³-hybridized carbons (Fsp3) is 1.00. The van der Waals surface area contributed by atoms with Crippen LogP contribution in [0, 0.1) is 0 Å². The van der Waals surface area contributed by atoms with Crippen LogP contribution in [0.3, 0.4) is 0 Å². The summed E-state index contributed by atoms with van der Waals surface area (Å²) in [6.07, 6.45) is -10.2. The van der Waals surface area contributed by atoms with Crippen LogP contribution < -0.4 is 0 Å². The Balaban J connectivity index is 6.63. The van der Waals surface area contributed by atoms with E-state index in [2.05, 4.69) is 0 Å². The fourth-order valence-electron chi connectivity index (χ4n) is 1.51. The molecule has 0 saturated carbocycles. The van der Waals surface area contributed by atoms with Gasteiger partial charge in [-0.1, -0.05) is 6.04 Å². The predicted octanol–water partition coefficient (Wildman–Crippen LogP) is 5.97. The van der Waals surface area contributed by atoms with Gasteiger partial charge in [-0.25, -0.2) is 0 Å². The zero-order chi connectivity index (χ0) is 23.4. The summed E-state index contributed by atoms with van der Waals surface area (Å²) in [7, 11) is 2.03. The van der Waals surface area contributed by atoms with Crippen molar-refractivity contribution in [3.63, 3.8) is 0 Å². The first-order chi connectivity index (χ1) is 11.8. The van der Waals surface area contributed by atoms with Crippen molar-refractivity contribution in [1.82, 2.24) is 0 Å². The van der Waals surface area contributed by atoms with Gasteiger partial charge in [0, 0.05) is 16.7 Å². The van der Waals surface area contributed by atoms with E-state index in [1.165, 1.54) is 0 Å². The second-order valence-corrected chi connectivity index (χ2v) is 5.65. The van der Waals surface area contributed by atoms with Gasteiger partial charge in [-0.05, 0) is 0 Å². The van der Waals surface area contributed by atoms with Gasteiger partial charge in [-0.15, -0.1) is 0 Å².